The minimum atomic E-state index is -0.437. The second kappa shape index (κ2) is 5.24. The van der Waals surface area contributed by atoms with Crippen molar-refractivity contribution in [2.75, 3.05) is 5.73 Å². The van der Waals surface area contributed by atoms with E-state index in [9.17, 15) is 4.39 Å². The van der Waals surface area contributed by atoms with Crippen LogP contribution in [0.5, 0.6) is 11.6 Å². The molecule has 1 aromatic carbocycles. The molecule has 0 bridgehead atoms. The normalized spacial score (nSPS) is 10.4. The molecule has 94 valence electrons. The van der Waals surface area contributed by atoms with Crippen LogP contribution in [0.25, 0.3) is 0 Å². The van der Waals surface area contributed by atoms with Gasteiger partial charge in [-0.15, -0.1) is 0 Å². The Kier molecular flexibility index (Phi) is 3.87. The predicted molar refractivity (Wildman–Crippen MR) is 75.3 cm³/mol. The molecule has 0 aliphatic heterocycles. The summed E-state index contributed by atoms with van der Waals surface area (Å²) in [6, 6.07) is 6.16. The van der Waals surface area contributed by atoms with Gasteiger partial charge in [-0.1, -0.05) is 0 Å². The van der Waals surface area contributed by atoms with Crippen LogP contribution >= 0.6 is 31.9 Å². The van der Waals surface area contributed by atoms with Crippen molar-refractivity contribution in [3.63, 3.8) is 0 Å². The topological polar surface area (TPSA) is 48.1 Å². The number of rotatable bonds is 2. The molecule has 0 radical (unpaired) electrons. The van der Waals surface area contributed by atoms with Gasteiger partial charge in [-0.05, 0) is 50.9 Å². The largest absolute Gasteiger partial charge is 0.437 e. The molecule has 3 nitrogen and oxygen atoms in total. The number of hydrogen-bond acceptors (Lipinski definition) is 3. The van der Waals surface area contributed by atoms with E-state index in [-0.39, 0.29) is 5.75 Å². The number of halogens is 3. The second-order valence-corrected chi connectivity index (χ2v) is 5.33. The zero-order chi connectivity index (χ0) is 13.3. The number of nitrogen functional groups attached to an aromatic ring is 1. The highest BCUT2D eigenvalue weighted by Gasteiger charge is 2.09. The molecule has 2 aromatic rings. The van der Waals surface area contributed by atoms with Crippen LogP contribution in [-0.2, 0) is 0 Å². The van der Waals surface area contributed by atoms with Crippen LogP contribution in [0, 0.1) is 12.7 Å². The summed E-state index contributed by atoms with van der Waals surface area (Å²) in [7, 11) is 0. The maximum atomic E-state index is 13.4. The maximum Gasteiger partial charge on any atom is 0.219 e. The summed E-state index contributed by atoms with van der Waals surface area (Å²) in [5, 5.41) is 0. The summed E-state index contributed by atoms with van der Waals surface area (Å²) in [4.78, 5) is 4.20. The van der Waals surface area contributed by atoms with Gasteiger partial charge in [0, 0.05) is 16.6 Å². The lowest BCUT2D eigenvalue weighted by molar-refractivity contribution is 0.458. The molecule has 18 heavy (non-hydrogen) atoms. The van der Waals surface area contributed by atoms with Crippen molar-refractivity contribution in [1.29, 1.82) is 0 Å². The molecule has 0 fully saturated rings. The minimum absolute atomic E-state index is 0.241. The number of hydrogen-bond donors (Lipinski definition) is 1. The monoisotopic (exact) mass is 374 g/mol. The Balaban J connectivity index is 2.34. The van der Waals surface area contributed by atoms with Crippen molar-refractivity contribution in [3.8, 4) is 11.6 Å². The van der Waals surface area contributed by atoms with Crippen molar-refractivity contribution >= 4 is 37.5 Å². The van der Waals surface area contributed by atoms with E-state index in [1.165, 1.54) is 12.1 Å². The molecule has 2 rings (SSSR count). The number of nitrogens with two attached hydrogens (primary N) is 1. The summed E-state index contributed by atoms with van der Waals surface area (Å²) in [6.45, 7) is 1.84. The molecular formula is C12H9Br2FN2O. The SMILES string of the molecule is Cc1nc(Oc2cc(F)c(Br)cc2N)ccc1Br. The van der Waals surface area contributed by atoms with Gasteiger partial charge >= 0.3 is 0 Å². The molecule has 0 unspecified atom stereocenters. The molecule has 1 heterocycles. The molecule has 2 N–H and O–H groups in total. The van der Waals surface area contributed by atoms with Gasteiger partial charge in [0.15, 0.2) is 5.75 Å². The average Bonchev–Trinajstić information content (AvgIpc) is 2.31. The Morgan fingerprint density at radius 2 is 1.94 bits per heavy atom. The van der Waals surface area contributed by atoms with E-state index < -0.39 is 5.82 Å². The van der Waals surface area contributed by atoms with Gasteiger partial charge in [-0.3, -0.25) is 0 Å². The highest BCUT2D eigenvalue weighted by molar-refractivity contribution is 9.10. The molecule has 0 amide bonds. The first-order valence-electron chi connectivity index (χ1n) is 5.03. The second-order valence-electron chi connectivity index (χ2n) is 3.62. The van der Waals surface area contributed by atoms with Gasteiger partial charge in [0.05, 0.1) is 15.9 Å². The lowest BCUT2D eigenvalue weighted by Crippen LogP contribution is -1.96. The quantitative estimate of drug-likeness (QED) is 0.790. The fourth-order valence-electron chi connectivity index (χ4n) is 1.32. The van der Waals surface area contributed by atoms with Crippen LogP contribution in [0.4, 0.5) is 10.1 Å². The number of pyridine rings is 1. The molecular weight excluding hydrogens is 367 g/mol. The fraction of sp³-hybridized carbons (Fsp3) is 0.0833. The summed E-state index contributed by atoms with van der Waals surface area (Å²) >= 11 is 6.40. The van der Waals surface area contributed by atoms with E-state index in [1.807, 2.05) is 13.0 Å². The average molecular weight is 376 g/mol. The lowest BCUT2D eigenvalue weighted by Gasteiger charge is -2.09. The standard InChI is InChI=1S/C12H9Br2FN2O/c1-6-7(13)2-3-12(17-6)18-11-5-9(15)8(14)4-10(11)16/h2-5H,16H2,1H3. The van der Waals surface area contributed by atoms with Gasteiger partial charge in [0.25, 0.3) is 0 Å². The molecule has 0 saturated carbocycles. The lowest BCUT2D eigenvalue weighted by atomic mass is 10.3. The van der Waals surface area contributed by atoms with Crippen LogP contribution in [0.2, 0.25) is 0 Å². The van der Waals surface area contributed by atoms with Crippen molar-refractivity contribution in [3.05, 3.63) is 44.7 Å². The molecule has 0 saturated heterocycles. The Hall–Kier alpha value is -1.14. The third-order valence-corrected chi connectivity index (χ3v) is 3.71. The summed E-state index contributed by atoms with van der Waals surface area (Å²) < 4.78 is 20.0. The summed E-state index contributed by atoms with van der Waals surface area (Å²) in [6.07, 6.45) is 0. The van der Waals surface area contributed by atoms with Gasteiger partial charge in [-0.2, -0.15) is 0 Å². The number of anilines is 1. The van der Waals surface area contributed by atoms with Gasteiger partial charge in [0.1, 0.15) is 5.82 Å². The smallest absolute Gasteiger partial charge is 0.219 e. The third kappa shape index (κ3) is 2.81. The van der Waals surface area contributed by atoms with E-state index in [4.69, 9.17) is 10.5 Å². The molecule has 0 spiro atoms. The number of nitrogens with zero attached hydrogens (tertiary/aromatic N) is 1. The Morgan fingerprint density at radius 3 is 2.61 bits per heavy atom. The first kappa shape index (κ1) is 13.3. The van der Waals surface area contributed by atoms with Gasteiger partial charge < -0.3 is 10.5 Å². The number of benzene rings is 1. The van der Waals surface area contributed by atoms with E-state index in [1.54, 1.807) is 6.07 Å². The van der Waals surface area contributed by atoms with Crippen molar-refractivity contribution in [2.24, 2.45) is 0 Å². The zero-order valence-corrected chi connectivity index (χ0v) is 12.5. The highest BCUT2D eigenvalue weighted by atomic mass is 79.9. The summed E-state index contributed by atoms with van der Waals surface area (Å²) in [5.41, 5.74) is 6.87. The Labute approximate surface area is 120 Å². The van der Waals surface area contributed by atoms with E-state index in [2.05, 4.69) is 36.8 Å². The van der Waals surface area contributed by atoms with E-state index in [0.29, 0.717) is 16.0 Å². The molecule has 0 atom stereocenters. The Bertz CT molecular complexity index is 605. The number of ether oxygens (including phenoxy) is 1. The van der Waals surface area contributed by atoms with E-state index >= 15 is 0 Å². The first-order valence-corrected chi connectivity index (χ1v) is 6.61. The highest BCUT2D eigenvalue weighted by Crippen LogP contribution is 2.31. The predicted octanol–water partition coefficient (Wildman–Crippen LogP) is 4.43. The molecule has 1 aromatic heterocycles. The minimum Gasteiger partial charge on any atom is -0.437 e. The number of aryl methyl sites for hydroxylation is 1. The number of aromatic nitrogens is 1. The van der Waals surface area contributed by atoms with Gasteiger partial charge in [0.2, 0.25) is 5.88 Å². The summed E-state index contributed by atoms with van der Waals surface area (Å²) in [5.74, 6) is 0.169. The Morgan fingerprint density at radius 1 is 1.22 bits per heavy atom. The zero-order valence-electron chi connectivity index (χ0n) is 9.38. The van der Waals surface area contributed by atoms with Crippen molar-refractivity contribution in [2.45, 2.75) is 6.92 Å². The van der Waals surface area contributed by atoms with Gasteiger partial charge in [-0.25, -0.2) is 9.37 Å². The van der Waals surface area contributed by atoms with Crippen molar-refractivity contribution < 1.29 is 9.13 Å². The van der Waals surface area contributed by atoms with Crippen LogP contribution in [0.15, 0.2) is 33.2 Å². The maximum absolute atomic E-state index is 13.4. The van der Waals surface area contributed by atoms with E-state index in [0.717, 1.165) is 10.2 Å². The van der Waals surface area contributed by atoms with Crippen LogP contribution in [0.3, 0.4) is 0 Å². The molecule has 0 aliphatic rings. The van der Waals surface area contributed by atoms with Crippen LogP contribution in [-0.4, -0.2) is 4.98 Å². The first-order chi connectivity index (χ1) is 8.47. The third-order valence-electron chi connectivity index (χ3n) is 2.26. The van der Waals surface area contributed by atoms with Crippen LogP contribution < -0.4 is 10.5 Å². The molecule has 6 heteroatoms. The van der Waals surface area contributed by atoms with Crippen molar-refractivity contribution in [1.82, 2.24) is 4.98 Å². The molecule has 0 aliphatic carbocycles. The van der Waals surface area contributed by atoms with Crippen LogP contribution in [0.1, 0.15) is 5.69 Å². The fourth-order valence-corrected chi connectivity index (χ4v) is 1.90.